The van der Waals surface area contributed by atoms with Crippen molar-refractivity contribution in [3.8, 4) is 17.0 Å². The molecule has 1 atom stereocenters. The molecule has 7 heteroatoms. The molecule has 0 amide bonds. The molecule has 0 aliphatic heterocycles. The first kappa shape index (κ1) is 23.0. The number of esters is 1. The fourth-order valence-electron chi connectivity index (χ4n) is 3.41. The number of carbonyl (C=O) groups is 1. The molecule has 0 unspecified atom stereocenters. The van der Waals surface area contributed by atoms with Crippen LogP contribution in [-0.4, -0.2) is 23.7 Å². The highest BCUT2D eigenvalue weighted by Crippen LogP contribution is 2.29. The van der Waals surface area contributed by atoms with E-state index >= 15 is 0 Å². The normalized spacial score (nSPS) is 12.1. The summed E-state index contributed by atoms with van der Waals surface area (Å²) in [4.78, 5) is 29.7. The molecular weight excluding hydrogens is 414 g/mol. The highest BCUT2D eigenvalue weighted by Gasteiger charge is 2.20. The van der Waals surface area contributed by atoms with Gasteiger partial charge in [0.05, 0.1) is 28.3 Å². The van der Waals surface area contributed by atoms with Crippen LogP contribution in [0.25, 0.3) is 22.2 Å². The number of aromatic nitrogens is 1. The van der Waals surface area contributed by atoms with Gasteiger partial charge in [0.2, 0.25) is 5.43 Å². The van der Waals surface area contributed by atoms with Gasteiger partial charge in [0, 0.05) is 11.4 Å². The maximum absolute atomic E-state index is 13.2. The minimum absolute atomic E-state index is 0.119. The Morgan fingerprint density at radius 2 is 2.03 bits per heavy atom. The van der Waals surface area contributed by atoms with Gasteiger partial charge >= 0.3 is 5.97 Å². The zero-order valence-corrected chi connectivity index (χ0v) is 19.3. The van der Waals surface area contributed by atoms with Gasteiger partial charge in [0.15, 0.2) is 6.10 Å². The summed E-state index contributed by atoms with van der Waals surface area (Å²) in [6.07, 6.45) is 5.79. The lowest BCUT2D eigenvalue weighted by Crippen LogP contribution is -2.26. The molecule has 166 valence electrons. The van der Waals surface area contributed by atoms with Gasteiger partial charge in [0.25, 0.3) is 0 Å². The smallest absolute Gasteiger partial charge is 0.347 e. The summed E-state index contributed by atoms with van der Waals surface area (Å²) in [6, 6.07) is 3.54. The average molecular weight is 444 g/mol. The number of aryl methyl sites for hydroxylation is 2. The lowest BCUT2D eigenvalue weighted by molar-refractivity contribution is -0.150. The largest absolute Gasteiger partial charge is 0.479 e. The first-order valence-corrected chi connectivity index (χ1v) is 11.7. The van der Waals surface area contributed by atoms with E-state index in [0.717, 1.165) is 42.7 Å². The van der Waals surface area contributed by atoms with Crippen LogP contribution in [-0.2, 0) is 16.0 Å². The van der Waals surface area contributed by atoms with Crippen molar-refractivity contribution in [2.45, 2.75) is 65.9 Å². The van der Waals surface area contributed by atoms with Crippen LogP contribution in [0.4, 0.5) is 0 Å². The summed E-state index contributed by atoms with van der Waals surface area (Å²) in [5.74, 6) is 0.125. The second kappa shape index (κ2) is 10.6. The lowest BCUT2D eigenvalue weighted by atomic mass is 10.0. The van der Waals surface area contributed by atoms with E-state index in [1.807, 2.05) is 18.4 Å². The van der Waals surface area contributed by atoms with Crippen molar-refractivity contribution in [1.29, 1.82) is 0 Å². The molecule has 0 aliphatic rings. The summed E-state index contributed by atoms with van der Waals surface area (Å²) in [5, 5.41) is 3.24. The molecule has 0 saturated carbocycles. The van der Waals surface area contributed by atoms with Crippen molar-refractivity contribution >= 4 is 28.3 Å². The summed E-state index contributed by atoms with van der Waals surface area (Å²) in [5.41, 5.74) is 2.26. The van der Waals surface area contributed by atoms with Crippen LogP contribution in [0.1, 0.15) is 57.0 Å². The Labute approximate surface area is 186 Å². The summed E-state index contributed by atoms with van der Waals surface area (Å²) < 4.78 is 16.8. The van der Waals surface area contributed by atoms with E-state index in [4.69, 9.17) is 13.9 Å². The molecule has 0 radical (unpaired) electrons. The van der Waals surface area contributed by atoms with Crippen LogP contribution >= 0.6 is 11.3 Å². The van der Waals surface area contributed by atoms with Crippen molar-refractivity contribution < 1.29 is 18.7 Å². The fourth-order valence-corrected chi connectivity index (χ4v) is 4.02. The summed E-state index contributed by atoms with van der Waals surface area (Å²) in [7, 11) is 0. The van der Waals surface area contributed by atoms with Crippen LogP contribution < -0.4 is 10.2 Å². The van der Waals surface area contributed by atoms with E-state index in [-0.39, 0.29) is 5.43 Å². The molecule has 0 aliphatic carbocycles. The lowest BCUT2D eigenvalue weighted by Gasteiger charge is -2.17. The molecule has 0 fully saturated rings. The number of hydrogen-bond donors (Lipinski definition) is 0. The van der Waals surface area contributed by atoms with Crippen molar-refractivity contribution in [2.75, 3.05) is 6.61 Å². The van der Waals surface area contributed by atoms with E-state index in [1.54, 1.807) is 19.9 Å². The number of nitrogens with zero attached hydrogens (tertiary/aromatic N) is 1. The second-order valence-corrected chi connectivity index (χ2v) is 8.57. The second-order valence-electron chi connectivity index (χ2n) is 7.51. The van der Waals surface area contributed by atoms with Crippen molar-refractivity contribution in [3.05, 3.63) is 44.6 Å². The monoisotopic (exact) mass is 443 g/mol. The minimum atomic E-state index is -0.754. The summed E-state index contributed by atoms with van der Waals surface area (Å²) >= 11 is 1.49. The van der Waals surface area contributed by atoms with Gasteiger partial charge in [-0.25, -0.2) is 9.78 Å². The molecule has 3 rings (SSSR count). The van der Waals surface area contributed by atoms with Crippen LogP contribution in [0.3, 0.4) is 0 Å². The van der Waals surface area contributed by atoms with Crippen LogP contribution in [0.2, 0.25) is 0 Å². The molecule has 2 heterocycles. The number of unbranched alkanes of at least 4 members (excludes halogenated alkanes) is 3. The molecule has 0 N–H and O–H groups in total. The maximum atomic E-state index is 13.2. The van der Waals surface area contributed by atoms with Crippen molar-refractivity contribution in [3.63, 3.8) is 0 Å². The van der Waals surface area contributed by atoms with E-state index in [2.05, 4.69) is 11.9 Å². The van der Waals surface area contributed by atoms with Crippen LogP contribution in [0.15, 0.2) is 33.0 Å². The average Bonchev–Trinajstić information content (AvgIpc) is 3.18. The van der Waals surface area contributed by atoms with E-state index in [1.165, 1.54) is 17.6 Å². The molecule has 0 saturated heterocycles. The van der Waals surface area contributed by atoms with Crippen LogP contribution in [0, 0.1) is 6.92 Å². The Hall–Kier alpha value is -2.67. The number of benzene rings is 1. The highest BCUT2D eigenvalue weighted by atomic mass is 32.1. The standard InChI is InChI=1S/C24H29NO5S/c1-5-7-8-9-10-17-11-18-22(12-21(17)30-15(3)24(27)28-6-2)29-13-19(23(18)26)20-14-31-16(4)25-20/h11-15H,5-10H2,1-4H3/t15-/m0/s1. The predicted octanol–water partition coefficient (Wildman–Crippen LogP) is 5.68. The summed E-state index contributed by atoms with van der Waals surface area (Å²) in [6.45, 7) is 7.78. The van der Waals surface area contributed by atoms with Crippen molar-refractivity contribution in [1.82, 2.24) is 4.98 Å². The SMILES string of the molecule is CCCCCCc1cc2c(=O)c(-c3csc(C)n3)coc2cc1O[C@@H](C)C(=O)OCC. The number of rotatable bonds is 10. The van der Waals surface area contributed by atoms with Crippen LogP contribution in [0.5, 0.6) is 5.75 Å². The number of hydrogen-bond acceptors (Lipinski definition) is 7. The zero-order valence-electron chi connectivity index (χ0n) is 18.5. The topological polar surface area (TPSA) is 78.6 Å². The molecule has 3 aromatic rings. The van der Waals surface area contributed by atoms with Crippen molar-refractivity contribution in [2.24, 2.45) is 0 Å². The number of thiazole rings is 1. The molecule has 0 spiro atoms. The molecule has 1 aromatic carbocycles. The van der Waals surface area contributed by atoms with Gasteiger partial charge in [-0.05, 0) is 45.2 Å². The highest BCUT2D eigenvalue weighted by molar-refractivity contribution is 7.09. The molecule has 0 bridgehead atoms. The Balaban J connectivity index is 2.00. The molecule has 31 heavy (non-hydrogen) atoms. The number of carbonyl (C=O) groups excluding carboxylic acids is 1. The Bertz CT molecular complexity index is 1100. The molecular formula is C24H29NO5S. The van der Waals surface area contributed by atoms with E-state index < -0.39 is 12.1 Å². The Kier molecular flexibility index (Phi) is 7.85. The Morgan fingerprint density at radius 1 is 1.23 bits per heavy atom. The van der Waals surface area contributed by atoms with Gasteiger partial charge in [0.1, 0.15) is 17.6 Å². The van der Waals surface area contributed by atoms with Gasteiger partial charge in [-0.15, -0.1) is 11.3 Å². The molecule has 2 aromatic heterocycles. The third kappa shape index (κ3) is 5.53. The van der Waals surface area contributed by atoms with Gasteiger partial charge in [-0.3, -0.25) is 4.79 Å². The molecule has 6 nitrogen and oxygen atoms in total. The third-order valence-corrected chi connectivity index (χ3v) is 5.85. The van der Waals surface area contributed by atoms with Gasteiger partial charge in [-0.2, -0.15) is 0 Å². The number of ether oxygens (including phenoxy) is 2. The fraction of sp³-hybridized carbons (Fsp3) is 0.458. The zero-order chi connectivity index (χ0) is 22.4. The van der Waals surface area contributed by atoms with E-state index in [9.17, 15) is 9.59 Å². The number of fused-ring (bicyclic) bond motifs is 1. The van der Waals surface area contributed by atoms with E-state index in [0.29, 0.717) is 34.6 Å². The first-order chi connectivity index (χ1) is 14.9. The van der Waals surface area contributed by atoms with Gasteiger partial charge in [-0.1, -0.05) is 26.2 Å². The first-order valence-electron chi connectivity index (χ1n) is 10.8. The predicted molar refractivity (Wildman–Crippen MR) is 123 cm³/mol. The Morgan fingerprint density at radius 3 is 2.71 bits per heavy atom. The van der Waals surface area contributed by atoms with Gasteiger partial charge < -0.3 is 13.9 Å². The third-order valence-electron chi connectivity index (χ3n) is 5.07. The minimum Gasteiger partial charge on any atom is -0.479 e. The maximum Gasteiger partial charge on any atom is 0.347 e. The quantitative estimate of drug-likeness (QED) is 0.296.